The Bertz CT molecular complexity index is 724. The number of rotatable bonds is 6. The monoisotopic (exact) mass is 463 g/mol. The van der Waals surface area contributed by atoms with Crippen LogP contribution < -0.4 is 5.32 Å². The molecular weight excluding hydrogens is 441 g/mol. The molecule has 0 aliphatic carbocycles. The molecule has 0 saturated carbocycles. The van der Waals surface area contributed by atoms with E-state index in [1.807, 2.05) is 0 Å². The van der Waals surface area contributed by atoms with Crippen molar-refractivity contribution in [2.45, 2.75) is 48.2 Å². The third kappa shape index (κ3) is 5.95. The molecule has 3 rings (SSSR count). The Kier molecular flexibility index (Phi) is 7.62. The van der Waals surface area contributed by atoms with E-state index in [4.69, 9.17) is 39.5 Å². The first-order chi connectivity index (χ1) is 13.8. The van der Waals surface area contributed by atoms with Crippen LogP contribution in [-0.2, 0) is 4.74 Å². The van der Waals surface area contributed by atoms with Crippen LogP contribution in [0, 0.1) is 16.0 Å². The zero-order valence-corrected chi connectivity index (χ0v) is 18.1. The summed E-state index contributed by atoms with van der Waals surface area (Å²) in [7, 11) is 0. The molecule has 1 aromatic rings. The van der Waals surface area contributed by atoms with Crippen molar-refractivity contribution in [3.63, 3.8) is 0 Å². The molecule has 0 unspecified atom stereocenters. The Labute approximate surface area is 184 Å². The van der Waals surface area contributed by atoms with Gasteiger partial charge in [0.25, 0.3) is 11.6 Å². The third-order valence-electron chi connectivity index (χ3n) is 5.61. The lowest BCUT2D eigenvalue weighted by molar-refractivity contribution is -0.384. The van der Waals surface area contributed by atoms with Crippen LogP contribution in [0.25, 0.3) is 0 Å². The average molecular weight is 465 g/mol. The molecule has 1 N–H and O–H groups in total. The predicted molar refractivity (Wildman–Crippen MR) is 113 cm³/mol. The van der Waals surface area contributed by atoms with Gasteiger partial charge in [-0.25, -0.2) is 0 Å². The van der Waals surface area contributed by atoms with Gasteiger partial charge in [-0.15, -0.1) is 0 Å². The van der Waals surface area contributed by atoms with Crippen molar-refractivity contribution in [3.8, 4) is 0 Å². The summed E-state index contributed by atoms with van der Waals surface area (Å²) in [4.78, 5) is 25.3. The molecule has 2 aliphatic rings. The largest absolute Gasteiger partial charge is 0.354 e. The molecule has 3 atom stereocenters. The Morgan fingerprint density at radius 3 is 2.55 bits per heavy atom. The lowest BCUT2D eigenvalue weighted by Gasteiger charge is -2.44. The van der Waals surface area contributed by atoms with Crippen LogP contribution in [0.3, 0.4) is 0 Å². The summed E-state index contributed by atoms with van der Waals surface area (Å²) in [5.41, 5.74) is 0.111. The highest BCUT2D eigenvalue weighted by molar-refractivity contribution is 6.68. The van der Waals surface area contributed by atoms with Crippen molar-refractivity contribution in [2.75, 3.05) is 19.7 Å². The second kappa shape index (κ2) is 9.79. The zero-order valence-electron chi connectivity index (χ0n) is 15.9. The Balaban J connectivity index is 1.62. The Morgan fingerprint density at radius 1 is 1.21 bits per heavy atom. The first kappa shape index (κ1) is 22.6. The number of nitro benzene ring substituents is 1. The van der Waals surface area contributed by atoms with Gasteiger partial charge in [-0.3, -0.25) is 14.9 Å². The lowest BCUT2D eigenvalue weighted by atomic mass is 9.84. The summed E-state index contributed by atoms with van der Waals surface area (Å²) in [6.45, 7) is 2.62. The average Bonchev–Trinajstić information content (AvgIpc) is 2.70. The number of alkyl halides is 3. The molecule has 7 nitrogen and oxygen atoms in total. The lowest BCUT2D eigenvalue weighted by Crippen LogP contribution is -2.51. The van der Waals surface area contributed by atoms with E-state index in [9.17, 15) is 14.9 Å². The molecule has 0 radical (unpaired) electrons. The van der Waals surface area contributed by atoms with Crippen molar-refractivity contribution in [1.29, 1.82) is 0 Å². The van der Waals surface area contributed by atoms with Gasteiger partial charge in [-0.1, -0.05) is 41.2 Å². The van der Waals surface area contributed by atoms with Gasteiger partial charge in [0.15, 0.2) is 6.23 Å². The van der Waals surface area contributed by atoms with Crippen LogP contribution in [0.15, 0.2) is 24.3 Å². The highest BCUT2D eigenvalue weighted by Gasteiger charge is 2.38. The normalized spacial score (nSPS) is 23.8. The molecule has 2 aliphatic heterocycles. The molecule has 10 heteroatoms. The van der Waals surface area contributed by atoms with Crippen LogP contribution in [0.1, 0.15) is 42.5 Å². The summed E-state index contributed by atoms with van der Waals surface area (Å²) in [6.07, 6.45) is 4.60. The van der Waals surface area contributed by atoms with Crippen molar-refractivity contribution in [1.82, 2.24) is 10.2 Å². The number of benzene rings is 1. The third-order valence-corrected chi connectivity index (χ3v) is 6.20. The van der Waals surface area contributed by atoms with Gasteiger partial charge in [0.1, 0.15) is 0 Å². The van der Waals surface area contributed by atoms with Gasteiger partial charge >= 0.3 is 0 Å². The number of hydrogen-bond acceptors (Lipinski definition) is 5. The number of nitrogens with one attached hydrogen (secondary N) is 1. The minimum absolute atomic E-state index is 0.106. The van der Waals surface area contributed by atoms with Gasteiger partial charge in [0.05, 0.1) is 11.5 Å². The topological polar surface area (TPSA) is 84.7 Å². The van der Waals surface area contributed by atoms with E-state index in [-0.39, 0.29) is 11.3 Å². The number of carbonyl (C=O) groups is 1. The SMILES string of the molecule is O=C(N[C@@H](OC[C@H]1CCCN2CCCC[C@H]12)C(Cl)(Cl)Cl)c1ccc([N+](=O)[O-])cc1. The van der Waals surface area contributed by atoms with E-state index >= 15 is 0 Å². The number of hydrogen-bond donors (Lipinski definition) is 1. The van der Waals surface area contributed by atoms with E-state index in [1.165, 1.54) is 37.1 Å². The summed E-state index contributed by atoms with van der Waals surface area (Å²) in [5, 5.41) is 13.3. The first-order valence-corrected chi connectivity index (χ1v) is 10.9. The number of ether oxygens (including phenoxy) is 1. The number of halogens is 3. The van der Waals surface area contributed by atoms with Gasteiger partial charge in [-0.05, 0) is 56.8 Å². The zero-order chi connectivity index (χ0) is 21.0. The quantitative estimate of drug-likeness (QED) is 0.294. The molecule has 2 fully saturated rings. The van der Waals surface area contributed by atoms with E-state index < -0.39 is 20.9 Å². The number of amides is 1. The fourth-order valence-electron chi connectivity index (χ4n) is 4.15. The molecule has 1 amide bonds. The highest BCUT2D eigenvalue weighted by Crippen LogP contribution is 2.34. The molecule has 2 heterocycles. The van der Waals surface area contributed by atoms with Crippen LogP contribution in [0.5, 0.6) is 0 Å². The van der Waals surface area contributed by atoms with E-state index in [0.29, 0.717) is 18.6 Å². The molecule has 1 aromatic carbocycles. The van der Waals surface area contributed by atoms with Crippen molar-refractivity contribution >= 4 is 46.4 Å². The standard InChI is InChI=1S/C19H24Cl3N3O4/c20-19(21,22)18(23-17(26)13-6-8-15(9-7-13)25(27)28)29-12-14-4-3-11-24-10-2-1-5-16(14)24/h6-9,14,16,18H,1-5,10-12H2,(H,23,26)/t14-,16-,18+/m1/s1. The number of carbonyl (C=O) groups excluding carboxylic acids is 1. The molecular formula is C19H24Cl3N3O4. The van der Waals surface area contributed by atoms with E-state index in [2.05, 4.69) is 10.2 Å². The van der Waals surface area contributed by atoms with E-state index in [0.717, 1.165) is 32.4 Å². The first-order valence-electron chi connectivity index (χ1n) is 9.73. The number of nitro groups is 1. The fourth-order valence-corrected chi connectivity index (χ4v) is 4.50. The summed E-state index contributed by atoms with van der Waals surface area (Å²) in [5.74, 6) is -0.200. The predicted octanol–water partition coefficient (Wildman–Crippen LogP) is 4.30. The number of piperidine rings is 2. The second-order valence-electron chi connectivity index (χ2n) is 7.53. The van der Waals surface area contributed by atoms with E-state index in [1.54, 1.807) is 0 Å². The maximum Gasteiger partial charge on any atom is 0.269 e. The van der Waals surface area contributed by atoms with Crippen LogP contribution >= 0.6 is 34.8 Å². The van der Waals surface area contributed by atoms with Gasteiger partial charge in [-0.2, -0.15) is 0 Å². The molecule has 2 saturated heterocycles. The van der Waals surface area contributed by atoms with Gasteiger partial charge < -0.3 is 15.0 Å². The van der Waals surface area contributed by atoms with Crippen molar-refractivity contribution < 1.29 is 14.5 Å². The Morgan fingerprint density at radius 2 is 1.90 bits per heavy atom. The number of fused-ring (bicyclic) bond motifs is 1. The smallest absolute Gasteiger partial charge is 0.269 e. The Hall–Kier alpha value is -1.12. The number of nitrogens with zero attached hydrogens (tertiary/aromatic N) is 2. The maximum absolute atomic E-state index is 12.5. The highest BCUT2D eigenvalue weighted by atomic mass is 35.6. The minimum Gasteiger partial charge on any atom is -0.354 e. The minimum atomic E-state index is -1.85. The fraction of sp³-hybridized carbons (Fsp3) is 0.632. The molecule has 0 spiro atoms. The molecule has 160 valence electrons. The molecule has 0 bridgehead atoms. The van der Waals surface area contributed by atoms with Crippen LogP contribution in [0.4, 0.5) is 5.69 Å². The van der Waals surface area contributed by atoms with Gasteiger partial charge in [0.2, 0.25) is 3.79 Å². The molecule has 29 heavy (non-hydrogen) atoms. The summed E-state index contributed by atoms with van der Waals surface area (Å²) < 4.78 is 4.04. The van der Waals surface area contributed by atoms with Gasteiger partial charge in [0, 0.05) is 23.7 Å². The van der Waals surface area contributed by atoms with Crippen molar-refractivity contribution in [2.24, 2.45) is 5.92 Å². The second-order valence-corrected chi connectivity index (χ2v) is 9.90. The van der Waals surface area contributed by atoms with Crippen LogP contribution in [-0.4, -0.2) is 51.5 Å². The maximum atomic E-state index is 12.5. The van der Waals surface area contributed by atoms with Crippen molar-refractivity contribution in [3.05, 3.63) is 39.9 Å². The van der Waals surface area contributed by atoms with Crippen LogP contribution in [0.2, 0.25) is 0 Å². The number of non-ortho nitro benzene ring substituents is 1. The summed E-state index contributed by atoms with van der Waals surface area (Å²) >= 11 is 18.1. The molecule has 0 aromatic heterocycles. The summed E-state index contributed by atoms with van der Waals surface area (Å²) in [6, 6.07) is 5.67.